The Kier molecular flexibility index (Phi) is 8.88. The van der Waals surface area contributed by atoms with Gasteiger partial charge in [-0.25, -0.2) is 4.79 Å². The standard InChI is InChI=1S/C26H30N4O5S2/c1-5-14-30-23(16(2)35-18-12-10-17(33-3)11-13-18)28-29-26(30)36-15-21(31)27-24-22(25(32)34-4)19-8-6-7-9-20(19)37-24/h5,10-13,16H,1,6-9,14-15H2,2-4H3,(H,27,31). The summed E-state index contributed by atoms with van der Waals surface area (Å²) < 4.78 is 18.1. The minimum absolute atomic E-state index is 0.103. The molecule has 1 aliphatic carbocycles. The first-order valence-corrected chi connectivity index (χ1v) is 13.8. The lowest BCUT2D eigenvalue weighted by Crippen LogP contribution is -2.17. The maximum absolute atomic E-state index is 12.9. The zero-order chi connectivity index (χ0) is 26.4. The number of thiophene rings is 1. The molecular formula is C26H30N4O5S2. The Morgan fingerprint density at radius 2 is 1.92 bits per heavy atom. The smallest absolute Gasteiger partial charge is 0.341 e. The van der Waals surface area contributed by atoms with Crippen LogP contribution in [-0.4, -0.2) is 46.6 Å². The molecule has 0 radical (unpaired) electrons. The third kappa shape index (κ3) is 6.16. The zero-order valence-electron chi connectivity index (χ0n) is 21.1. The first-order valence-electron chi connectivity index (χ1n) is 11.9. The molecule has 0 bridgehead atoms. The highest BCUT2D eigenvalue weighted by molar-refractivity contribution is 7.99. The Bertz CT molecular complexity index is 1270. The SMILES string of the molecule is C=CCn1c(SCC(=O)Nc2sc3c(c2C(=O)OC)CCCC3)nnc1C(C)Oc1ccc(OC)cc1. The Hall–Kier alpha value is -3.31. The van der Waals surface area contributed by atoms with Crippen LogP contribution in [0.2, 0.25) is 0 Å². The van der Waals surface area contributed by atoms with Crippen molar-refractivity contribution in [2.24, 2.45) is 0 Å². The van der Waals surface area contributed by atoms with Crippen LogP contribution in [0.25, 0.3) is 0 Å². The first-order chi connectivity index (χ1) is 17.9. The highest BCUT2D eigenvalue weighted by atomic mass is 32.2. The largest absolute Gasteiger partial charge is 0.497 e. The third-order valence-corrected chi connectivity index (χ3v) is 8.11. The van der Waals surface area contributed by atoms with Gasteiger partial charge in [0.15, 0.2) is 17.1 Å². The van der Waals surface area contributed by atoms with Crippen LogP contribution in [0.3, 0.4) is 0 Å². The van der Waals surface area contributed by atoms with E-state index in [1.165, 1.54) is 30.2 Å². The number of allylic oxidation sites excluding steroid dienone is 1. The minimum Gasteiger partial charge on any atom is -0.497 e. The number of anilines is 1. The molecule has 1 atom stereocenters. The molecular weight excluding hydrogens is 512 g/mol. The summed E-state index contributed by atoms with van der Waals surface area (Å²) in [4.78, 5) is 26.5. The van der Waals surface area contributed by atoms with Crippen molar-refractivity contribution in [3.05, 3.63) is 58.7 Å². The fourth-order valence-corrected chi connectivity index (χ4v) is 6.23. The molecule has 196 valence electrons. The molecule has 2 aromatic heterocycles. The van der Waals surface area contributed by atoms with Crippen LogP contribution in [0, 0.1) is 0 Å². The molecule has 0 saturated carbocycles. The maximum atomic E-state index is 12.9. The van der Waals surface area contributed by atoms with Gasteiger partial charge in [-0.05, 0) is 62.4 Å². The van der Waals surface area contributed by atoms with Crippen molar-refractivity contribution in [1.29, 1.82) is 0 Å². The quantitative estimate of drug-likeness (QED) is 0.203. The van der Waals surface area contributed by atoms with Crippen molar-refractivity contribution in [3.63, 3.8) is 0 Å². The topological polar surface area (TPSA) is 105 Å². The number of carbonyl (C=O) groups is 2. The lowest BCUT2D eigenvalue weighted by atomic mass is 9.95. The van der Waals surface area contributed by atoms with Crippen LogP contribution in [0.5, 0.6) is 11.5 Å². The van der Waals surface area contributed by atoms with Crippen molar-refractivity contribution in [3.8, 4) is 11.5 Å². The van der Waals surface area contributed by atoms with E-state index in [9.17, 15) is 9.59 Å². The van der Waals surface area contributed by atoms with Crippen molar-refractivity contribution >= 4 is 40.0 Å². The highest BCUT2D eigenvalue weighted by Gasteiger charge is 2.27. The lowest BCUT2D eigenvalue weighted by Gasteiger charge is -2.16. The third-order valence-electron chi connectivity index (χ3n) is 5.94. The van der Waals surface area contributed by atoms with Crippen molar-refractivity contribution in [2.75, 3.05) is 25.3 Å². The second-order valence-electron chi connectivity index (χ2n) is 8.42. The number of aromatic nitrogens is 3. The van der Waals surface area contributed by atoms with Crippen LogP contribution in [-0.2, 0) is 28.9 Å². The van der Waals surface area contributed by atoms with Crippen LogP contribution in [0.4, 0.5) is 5.00 Å². The number of nitrogens with one attached hydrogen (secondary N) is 1. The van der Waals surface area contributed by atoms with Gasteiger partial charge in [0.25, 0.3) is 0 Å². The number of fused-ring (bicyclic) bond motifs is 1. The first kappa shape index (κ1) is 26.7. The number of amides is 1. The van der Waals surface area contributed by atoms with E-state index in [4.69, 9.17) is 14.2 Å². The summed E-state index contributed by atoms with van der Waals surface area (Å²) >= 11 is 2.73. The number of thioether (sulfide) groups is 1. The average molecular weight is 543 g/mol. The van der Waals surface area contributed by atoms with Gasteiger partial charge in [0.1, 0.15) is 16.5 Å². The summed E-state index contributed by atoms with van der Waals surface area (Å²) in [5, 5.41) is 12.7. The Morgan fingerprint density at radius 1 is 1.19 bits per heavy atom. The van der Waals surface area contributed by atoms with Crippen LogP contribution in [0.1, 0.15) is 52.5 Å². The summed E-state index contributed by atoms with van der Waals surface area (Å²) in [5.74, 6) is 1.50. The van der Waals surface area contributed by atoms with E-state index < -0.39 is 5.97 Å². The van der Waals surface area contributed by atoms with Crippen molar-refractivity contribution in [2.45, 2.75) is 50.4 Å². The number of aryl methyl sites for hydroxylation is 1. The maximum Gasteiger partial charge on any atom is 0.341 e. The number of rotatable bonds is 11. The van der Waals surface area contributed by atoms with Gasteiger partial charge in [-0.1, -0.05) is 17.8 Å². The van der Waals surface area contributed by atoms with Crippen molar-refractivity contribution < 1.29 is 23.8 Å². The molecule has 0 fully saturated rings. The summed E-state index contributed by atoms with van der Waals surface area (Å²) in [7, 11) is 2.97. The minimum atomic E-state index is -0.413. The Morgan fingerprint density at radius 3 is 2.62 bits per heavy atom. The zero-order valence-corrected chi connectivity index (χ0v) is 22.7. The fourth-order valence-electron chi connectivity index (χ4n) is 4.18. The normalized spacial score (nSPS) is 13.4. The molecule has 1 N–H and O–H groups in total. The molecule has 3 aromatic rings. The highest BCUT2D eigenvalue weighted by Crippen LogP contribution is 2.38. The van der Waals surface area contributed by atoms with Gasteiger partial charge < -0.3 is 19.5 Å². The molecule has 9 nitrogen and oxygen atoms in total. The van der Waals surface area contributed by atoms with E-state index in [1.54, 1.807) is 13.2 Å². The van der Waals surface area contributed by atoms with Gasteiger partial charge in [-0.15, -0.1) is 28.1 Å². The van der Waals surface area contributed by atoms with Gasteiger partial charge in [0.05, 0.1) is 25.5 Å². The Labute approximate surface area is 224 Å². The number of methoxy groups -OCH3 is 2. The molecule has 0 saturated heterocycles. The van der Waals surface area contributed by atoms with E-state index in [-0.39, 0.29) is 17.8 Å². The molecule has 1 unspecified atom stereocenters. The second kappa shape index (κ2) is 12.3. The molecule has 4 rings (SSSR count). The fraction of sp³-hybridized carbons (Fsp3) is 0.385. The van der Waals surface area contributed by atoms with Gasteiger partial charge >= 0.3 is 5.97 Å². The van der Waals surface area contributed by atoms with Crippen molar-refractivity contribution in [1.82, 2.24) is 14.8 Å². The summed E-state index contributed by atoms with van der Waals surface area (Å²) in [6.07, 6.45) is 5.21. The summed E-state index contributed by atoms with van der Waals surface area (Å²) in [5.41, 5.74) is 1.49. The molecule has 37 heavy (non-hydrogen) atoms. The van der Waals surface area contributed by atoms with E-state index in [2.05, 4.69) is 22.1 Å². The molecule has 2 heterocycles. The van der Waals surface area contributed by atoms with E-state index in [0.717, 1.165) is 41.9 Å². The van der Waals surface area contributed by atoms with Gasteiger partial charge in [0, 0.05) is 11.4 Å². The number of nitrogens with zero attached hydrogens (tertiary/aromatic N) is 3. The second-order valence-corrected chi connectivity index (χ2v) is 10.5. The van der Waals surface area contributed by atoms with Crippen LogP contribution < -0.4 is 14.8 Å². The number of carbonyl (C=O) groups excluding carboxylic acids is 2. The van der Waals surface area contributed by atoms with E-state index in [0.29, 0.717) is 33.8 Å². The average Bonchev–Trinajstić information content (AvgIpc) is 3.48. The summed E-state index contributed by atoms with van der Waals surface area (Å²) in [6, 6.07) is 7.31. The Balaban J connectivity index is 1.44. The van der Waals surface area contributed by atoms with E-state index >= 15 is 0 Å². The molecule has 0 spiro atoms. The van der Waals surface area contributed by atoms with Gasteiger partial charge in [0.2, 0.25) is 5.91 Å². The number of benzene rings is 1. The lowest BCUT2D eigenvalue weighted by molar-refractivity contribution is -0.113. The molecule has 1 aliphatic rings. The monoisotopic (exact) mass is 542 g/mol. The van der Waals surface area contributed by atoms with Gasteiger partial charge in [-0.3, -0.25) is 9.36 Å². The van der Waals surface area contributed by atoms with E-state index in [1.807, 2.05) is 35.8 Å². The predicted octanol–water partition coefficient (Wildman–Crippen LogP) is 5.07. The number of hydrogen-bond acceptors (Lipinski definition) is 9. The number of esters is 1. The number of hydrogen-bond donors (Lipinski definition) is 1. The van der Waals surface area contributed by atoms with Crippen LogP contribution in [0.15, 0.2) is 42.1 Å². The molecule has 0 aliphatic heterocycles. The molecule has 1 amide bonds. The number of ether oxygens (including phenoxy) is 3. The molecule has 11 heteroatoms. The van der Waals surface area contributed by atoms with Crippen LogP contribution >= 0.6 is 23.1 Å². The predicted molar refractivity (Wildman–Crippen MR) is 144 cm³/mol. The van der Waals surface area contributed by atoms with Gasteiger partial charge in [-0.2, -0.15) is 0 Å². The summed E-state index contributed by atoms with van der Waals surface area (Å²) in [6.45, 7) is 6.19. The molecule has 1 aromatic carbocycles.